The Balaban J connectivity index is 1.95. The quantitative estimate of drug-likeness (QED) is 0.798. The summed E-state index contributed by atoms with van der Waals surface area (Å²) in [4.78, 5) is 4.00. The lowest BCUT2D eigenvalue weighted by molar-refractivity contribution is 0.00349. The summed E-state index contributed by atoms with van der Waals surface area (Å²) >= 11 is 9.44. The van der Waals surface area contributed by atoms with Crippen molar-refractivity contribution in [3.05, 3.63) is 23.5 Å². The largest absolute Gasteiger partial charge is 0.491 e. The maximum Gasteiger partial charge on any atom is 0.139 e. The van der Waals surface area contributed by atoms with Crippen LogP contribution >= 0.6 is 27.5 Å². The zero-order chi connectivity index (χ0) is 12.1. The van der Waals surface area contributed by atoms with Gasteiger partial charge in [-0.15, -0.1) is 0 Å². The summed E-state index contributed by atoms with van der Waals surface area (Å²) < 4.78 is 11.2. The van der Waals surface area contributed by atoms with Crippen molar-refractivity contribution in [1.29, 1.82) is 0 Å². The minimum atomic E-state index is 0.167. The van der Waals surface area contributed by atoms with Gasteiger partial charge in [-0.1, -0.05) is 27.5 Å². The fraction of sp³-hybridized carbons (Fsp3) is 0.583. The van der Waals surface area contributed by atoms with Crippen LogP contribution in [0.15, 0.2) is 18.5 Å². The van der Waals surface area contributed by atoms with E-state index in [-0.39, 0.29) is 5.41 Å². The molecule has 0 aromatic carbocycles. The first kappa shape index (κ1) is 13.1. The summed E-state index contributed by atoms with van der Waals surface area (Å²) in [5, 5.41) is 1.53. The Morgan fingerprint density at radius 3 is 2.82 bits per heavy atom. The standard InChI is InChI=1S/C12H15BrClNO2/c13-8-12(1-3-16-4-2-12)9-17-11-5-10(14)6-15-7-11/h5-7H,1-4,8-9H2. The van der Waals surface area contributed by atoms with E-state index < -0.39 is 0 Å². The monoisotopic (exact) mass is 319 g/mol. The molecule has 2 heterocycles. The Hall–Kier alpha value is -0.320. The fourth-order valence-electron chi connectivity index (χ4n) is 1.83. The van der Waals surface area contributed by atoms with E-state index in [1.165, 1.54) is 0 Å². The van der Waals surface area contributed by atoms with Crippen LogP contribution < -0.4 is 4.74 Å². The van der Waals surface area contributed by atoms with E-state index in [1.807, 2.05) is 0 Å². The second-order valence-corrected chi connectivity index (χ2v) is 5.37. The van der Waals surface area contributed by atoms with Gasteiger partial charge in [-0.05, 0) is 12.8 Å². The first-order valence-electron chi connectivity index (χ1n) is 5.61. The van der Waals surface area contributed by atoms with E-state index in [2.05, 4.69) is 20.9 Å². The molecule has 0 aliphatic carbocycles. The number of nitrogens with zero attached hydrogens (tertiary/aromatic N) is 1. The zero-order valence-electron chi connectivity index (χ0n) is 9.49. The highest BCUT2D eigenvalue weighted by atomic mass is 79.9. The van der Waals surface area contributed by atoms with Gasteiger partial charge in [0.25, 0.3) is 0 Å². The predicted octanol–water partition coefficient (Wildman–Crippen LogP) is 3.31. The first-order valence-corrected chi connectivity index (χ1v) is 7.11. The van der Waals surface area contributed by atoms with Gasteiger partial charge in [0, 0.05) is 36.2 Å². The molecule has 0 saturated carbocycles. The third-order valence-corrected chi connectivity index (χ3v) is 4.46. The van der Waals surface area contributed by atoms with Crippen molar-refractivity contribution in [2.75, 3.05) is 25.2 Å². The number of alkyl halides is 1. The molecule has 5 heteroatoms. The van der Waals surface area contributed by atoms with Gasteiger partial charge in [-0.3, -0.25) is 4.98 Å². The molecule has 0 bridgehead atoms. The molecule has 1 aliphatic heterocycles. The average Bonchev–Trinajstić information content (AvgIpc) is 2.38. The average molecular weight is 321 g/mol. The minimum Gasteiger partial charge on any atom is -0.491 e. The molecular weight excluding hydrogens is 305 g/mol. The van der Waals surface area contributed by atoms with E-state index in [1.54, 1.807) is 18.5 Å². The summed E-state index contributed by atoms with van der Waals surface area (Å²) in [5.74, 6) is 0.726. The van der Waals surface area contributed by atoms with Gasteiger partial charge in [0.2, 0.25) is 0 Å². The van der Waals surface area contributed by atoms with Crippen LogP contribution in [0.4, 0.5) is 0 Å². The lowest BCUT2D eigenvalue weighted by Gasteiger charge is -2.35. The maximum absolute atomic E-state index is 5.86. The molecule has 3 nitrogen and oxygen atoms in total. The predicted molar refractivity (Wildman–Crippen MR) is 71.0 cm³/mol. The van der Waals surface area contributed by atoms with Crippen molar-refractivity contribution in [1.82, 2.24) is 4.98 Å². The Bertz CT molecular complexity index is 369. The molecule has 1 aromatic heterocycles. The number of pyridine rings is 1. The molecule has 2 rings (SSSR count). The van der Waals surface area contributed by atoms with Gasteiger partial charge in [0.1, 0.15) is 5.75 Å². The maximum atomic E-state index is 5.86. The third kappa shape index (κ3) is 3.57. The van der Waals surface area contributed by atoms with Crippen LogP contribution in [-0.4, -0.2) is 30.1 Å². The molecule has 1 saturated heterocycles. The lowest BCUT2D eigenvalue weighted by Crippen LogP contribution is -2.36. The molecule has 0 radical (unpaired) electrons. The summed E-state index contributed by atoms with van der Waals surface area (Å²) in [5.41, 5.74) is 0.167. The van der Waals surface area contributed by atoms with Crippen molar-refractivity contribution in [3.8, 4) is 5.75 Å². The molecule has 0 unspecified atom stereocenters. The Morgan fingerprint density at radius 1 is 1.41 bits per heavy atom. The Morgan fingerprint density at radius 2 is 2.18 bits per heavy atom. The SMILES string of the molecule is Clc1cncc(OCC2(CBr)CCOCC2)c1. The summed E-state index contributed by atoms with van der Waals surface area (Å²) in [6, 6.07) is 1.79. The minimum absolute atomic E-state index is 0.167. The van der Waals surface area contributed by atoms with E-state index in [0.717, 1.165) is 37.1 Å². The van der Waals surface area contributed by atoms with E-state index in [0.29, 0.717) is 11.6 Å². The van der Waals surface area contributed by atoms with Crippen LogP contribution in [-0.2, 0) is 4.74 Å². The van der Waals surface area contributed by atoms with Gasteiger partial charge >= 0.3 is 0 Å². The smallest absolute Gasteiger partial charge is 0.139 e. The van der Waals surface area contributed by atoms with Crippen LogP contribution in [0.2, 0.25) is 5.02 Å². The number of aromatic nitrogens is 1. The molecule has 0 N–H and O–H groups in total. The number of ether oxygens (including phenoxy) is 2. The highest BCUT2D eigenvalue weighted by Crippen LogP contribution is 2.33. The van der Waals surface area contributed by atoms with Crippen LogP contribution in [0.3, 0.4) is 0 Å². The summed E-state index contributed by atoms with van der Waals surface area (Å²) in [6.07, 6.45) is 5.33. The van der Waals surface area contributed by atoms with E-state index >= 15 is 0 Å². The third-order valence-electron chi connectivity index (χ3n) is 3.06. The van der Waals surface area contributed by atoms with Gasteiger partial charge in [0.15, 0.2) is 0 Å². The van der Waals surface area contributed by atoms with Crippen LogP contribution in [0.5, 0.6) is 5.75 Å². The number of hydrogen-bond acceptors (Lipinski definition) is 3. The summed E-state index contributed by atoms with van der Waals surface area (Å²) in [7, 11) is 0. The molecule has 0 atom stereocenters. The highest BCUT2D eigenvalue weighted by Gasteiger charge is 2.32. The normalized spacial score (nSPS) is 18.9. The van der Waals surface area contributed by atoms with Gasteiger partial charge < -0.3 is 9.47 Å². The Kier molecular flexibility index (Phi) is 4.65. The van der Waals surface area contributed by atoms with Crippen molar-refractivity contribution in [2.45, 2.75) is 12.8 Å². The molecule has 0 spiro atoms. The molecule has 17 heavy (non-hydrogen) atoms. The molecule has 1 aliphatic rings. The van der Waals surface area contributed by atoms with Gasteiger partial charge in [-0.25, -0.2) is 0 Å². The van der Waals surface area contributed by atoms with Crippen LogP contribution in [0, 0.1) is 5.41 Å². The second kappa shape index (κ2) is 6.03. The molecular formula is C12H15BrClNO2. The Labute approximate surface area is 115 Å². The number of rotatable bonds is 4. The van der Waals surface area contributed by atoms with Crippen LogP contribution in [0.1, 0.15) is 12.8 Å². The van der Waals surface area contributed by atoms with Crippen LogP contribution in [0.25, 0.3) is 0 Å². The molecule has 1 fully saturated rings. The van der Waals surface area contributed by atoms with Crippen molar-refractivity contribution >= 4 is 27.5 Å². The molecule has 94 valence electrons. The molecule has 0 amide bonds. The molecule has 1 aromatic rings. The van der Waals surface area contributed by atoms with E-state index in [4.69, 9.17) is 21.1 Å². The summed E-state index contributed by atoms with van der Waals surface area (Å²) in [6.45, 7) is 2.29. The van der Waals surface area contributed by atoms with Gasteiger partial charge in [-0.2, -0.15) is 0 Å². The first-order chi connectivity index (χ1) is 8.24. The fourth-order valence-corrected chi connectivity index (χ4v) is 2.72. The van der Waals surface area contributed by atoms with Gasteiger partial charge in [0.05, 0.1) is 17.8 Å². The van der Waals surface area contributed by atoms with Crippen molar-refractivity contribution in [2.24, 2.45) is 5.41 Å². The second-order valence-electron chi connectivity index (χ2n) is 4.37. The zero-order valence-corrected chi connectivity index (χ0v) is 11.8. The topological polar surface area (TPSA) is 31.4 Å². The number of halogens is 2. The number of hydrogen-bond donors (Lipinski definition) is 0. The highest BCUT2D eigenvalue weighted by molar-refractivity contribution is 9.09. The van der Waals surface area contributed by atoms with Crippen molar-refractivity contribution < 1.29 is 9.47 Å². The lowest BCUT2D eigenvalue weighted by atomic mass is 9.83. The van der Waals surface area contributed by atoms with Crippen molar-refractivity contribution in [3.63, 3.8) is 0 Å². The van der Waals surface area contributed by atoms with E-state index in [9.17, 15) is 0 Å².